The maximum Gasteiger partial charge on any atom is 0.419 e. The fourth-order valence-electron chi connectivity index (χ4n) is 6.30. The van der Waals surface area contributed by atoms with Gasteiger partial charge in [-0.3, -0.25) is 14.6 Å². The van der Waals surface area contributed by atoms with Crippen LogP contribution in [0.3, 0.4) is 0 Å². The normalized spacial score (nSPS) is 16.7. The van der Waals surface area contributed by atoms with Crippen LogP contribution in [0.2, 0.25) is 0 Å². The molecule has 44 heavy (non-hydrogen) atoms. The number of carbonyl (C=O) groups excluding carboxylic acids is 2. The lowest BCUT2D eigenvalue weighted by Crippen LogP contribution is -2.56. The number of Topliss-reactive ketones (excluding diaryl/α,β-unsaturated/α-hetero) is 1. The Kier molecular flexibility index (Phi) is 7.25. The lowest BCUT2D eigenvalue weighted by molar-refractivity contribution is -0.140. The molecule has 0 saturated carbocycles. The molecule has 0 bridgehead atoms. The molecule has 1 amide bonds. The minimum Gasteiger partial charge on any atom is -0.358 e. The number of aromatic nitrogens is 3. The molecule has 7 nitrogen and oxygen atoms in total. The minimum absolute atomic E-state index is 0.00798. The summed E-state index contributed by atoms with van der Waals surface area (Å²) in [5, 5.41) is 4.44. The molecule has 6 rings (SSSR count). The fraction of sp³-hybridized carbons (Fsp3) is 0.312. The summed E-state index contributed by atoms with van der Waals surface area (Å²) in [5.74, 6) is -2.18. The Morgan fingerprint density at radius 3 is 2.20 bits per heavy atom. The second kappa shape index (κ2) is 10.8. The lowest BCUT2D eigenvalue weighted by atomic mass is 9.83. The van der Waals surface area contributed by atoms with Gasteiger partial charge in [-0.2, -0.15) is 18.3 Å². The van der Waals surface area contributed by atoms with Crippen molar-refractivity contribution in [3.05, 3.63) is 94.9 Å². The summed E-state index contributed by atoms with van der Waals surface area (Å²) in [6.45, 7) is 4.57. The van der Waals surface area contributed by atoms with Crippen LogP contribution in [-0.2, 0) is 11.0 Å². The molecule has 12 heteroatoms. The van der Waals surface area contributed by atoms with Crippen molar-refractivity contribution >= 4 is 17.4 Å². The number of nitrogens with zero attached hydrogens (tertiary/aromatic N) is 5. The molecule has 228 valence electrons. The van der Waals surface area contributed by atoms with Crippen LogP contribution in [0.4, 0.5) is 27.6 Å². The molecule has 2 aliphatic rings. The zero-order chi connectivity index (χ0) is 31.4. The van der Waals surface area contributed by atoms with E-state index in [0.717, 1.165) is 23.5 Å². The second-order valence-electron chi connectivity index (χ2n) is 11.2. The zero-order valence-corrected chi connectivity index (χ0v) is 24.0. The van der Waals surface area contributed by atoms with Gasteiger partial charge in [0.1, 0.15) is 17.2 Å². The number of likely N-dealkylation sites (tertiary alicyclic amines) is 1. The van der Waals surface area contributed by atoms with E-state index >= 15 is 0 Å². The van der Waals surface area contributed by atoms with Crippen LogP contribution in [0.1, 0.15) is 46.7 Å². The summed E-state index contributed by atoms with van der Waals surface area (Å²) in [6.07, 6.45) is -3.78. The molecule has 4 aromatic rings. The highest BCUT2D eigenvalue weighted by Crippen LogP contribution is 2.40. The molecular formula is C32H28F5N5O2. The van der Waals surface area contributed by atoms with Crippen molar-refractivity contribution < 1.29 is 31.5 Å². The van der Waals surface area contributed by atoms with E-state index in [1.165, 1.54) is 22.9 Å². The summed E-state index contributed by atoms with van der Waals surface area (Å²) in [4.78, 5) is 34.9. The molecule has 2 fully saturated rings. The van der Waals surface area contributed by atoms with Crippen LogP contribution in [0.5, 0.6) is 0 Å². The third kappa shape index (κ3) is 5.11. The Bertz CT molecular complexity index is 1760. The maximum atomic E-state index is 14.6. The van der Waals surface area contributed by atoms with Gasteiger partial charge in [0.25, 0.3) is 5.91 Å². The Morgan fingerprint density at radius 1 is 0.886 bits per heavy atom. The van der Waals surface area contributed by atoms with E-state index in [-0.39, 0.29) is 36.1 Å². The molecule has 2 saturated heterocycles. The Hall–Kier alpha value is -4.61. The number of carbonyl (C=O) groups is 2. The van der Waals surface area contributed by atoms with E-state index in [2.05, 4.69) is 10.1 Å². The van der Waals surface area contributed by atoms with E-state index in [1.807, 2.05) is 11.8 Å². The number of rotatable bonds is 4. The van der Waals surface area contributed by atoms with Crippen LogP contribution in [0.15, 0.2) is 60.7 Å². The Balaban J connectivity index is 1.32. The lowest BCUT2D eigenvalue weighted by Gasteiger charge is -2.44. The van der Waals surface area contributed by atoms with Crippen LogP contribution >= 0.6 is 0 Å². The number of piperidine rings is 1. The van der Waals surface area contributed by atoms with Gasteiger partial charge in [0.2, 0.25) is 0 Å². The zero-order valence-electron chi connectivity index (χ0n) is 24.0. The smallest absolute Gasteiger partial charge is 0.358 e. The van der Waals surface area contributed by atoms with Crippen molar-refractivity contribution in [3.63, 3.8) is 0 Å². The van der Waals surface area contributed by atoms with Crippen molar-refractivity contribution in [1.29, 1.82) is 0 Å². The van der Waals surface area contributed by atoms with Crippen molar-refractivity contribution in [2.45, 2.75) is 44.8 Å². The predicted octanol–water partition coefficient (Wildman–Crippen LogP) is 6.30. The molecule has 0 atom stereocenters. The molecule has 0 N–H and O–H groups in total. The summed E-state index contributed by atoms with van der Waals surface area (Å²) >= 11 is 0. The number of amides is 1. The van der Waals surface area contributed by atoms with E-state index in [4.69, 9.17) is 0 Å². The predicted molar refractivity (Wildman–Crippen MR) is 152 cm³/mol. The van der Waals surface area contributed by atoms with Gasteiger partial charge in [-0.05, 0) is 81.3 Å². The van der Waals surface area contributed by atoms with Crippen molar-refractivity contribution in [2.24, 2.45) is 0 Å². The molecule has 2 aromatic heterocycles. The number of ketones is 1. The first-order valence-electron chi connectivity index (χ1n) is 14.1. The number of halogens is 5. The van der Waals surface area contributed by atoms with E-state index in [0.29, 0.717) is 48.8 Å². The van der Waals surface area contributed by atoms with Crippen LogP contribution < -0.4 is 4.90 Å². The van der Waals surface area contributed by atoms with Gasteiger partial charge >= 0.3 is 6.18 Å². The molecule has 0 radical (unpaired) electrons. The topological polar surface area (TPSA) is 71.3 Å². The molecule has 1 spiro atoms. The van der Waals surface area contributed by atoms with E-state index in [1.54, 1.807) is 36.1 Å². The van der Waals surface area contributed by atoms with Gasteiger partial charge in [-0.15, -0.1) is 0 Å². The standard InChI is InChI=1S/C32H28F5N5O2/c1-19-3-9-24(20(2)38-19)28-18-27(39-42(28)23-8-10-25(26(34)17-23)32(35,36)37)30(44)40-15-12-31(13-16-40)29(43)11-14-41(31)22-6-4-21(33)5-7-22/h3-10,17-18H,11-16H2,1-2H3. The van der Waals surface area contributed by atoms with Crippen molar-refractivity contribution in [1.82, 2.24) is 19.7 Å². The van der Waals surface area contributed by atoms with Gasteiger partial charge in [0, 0.05) is 54.8 Å². The summed E-state index contributed by atoms with van der Waals surface area (Å²) in [5.41, 5.74) is 0.834. The largest absolute Gasteiger partial charge is 0.419 e. The molecule has 4 heterocycles. The average molecular weight is 610 g/mol. The van der Waals surface area contributed by atoms with Crippen molar-refractivity contribution in [2.75, 3.05) is 24.5 Å². The summed E-state index contributed by atoms with van der Waals surface area (Å²) in [7, 11) is 0. The van der Waals surface area contributed by atoms with Crippen LogP contribution in [0, 0.1) is 25.5 Å². The monoisotopic (exact) mass is 609 g/mol. The minimum atomic E-state index is -4.87. The summed E-state index contributed by atoms with van der Waals surface area (Å²) < 4.78 is 69.1. The number of benzene rings is 2. The Morgan fingerprint density at radius 2 is 1.57 bits per heavy atom. The molecule has 2 aromatic carbocycles. The Labute approximate surface area is 249 Å². The van der Waals surface area contributed by atoms with Gasteiger partial charge in [-0.25, -0.2) is 13.5 Å². The number of aryl methyl sites for hydroxylation is 2. The maximum absolute atomic E-state index is 14.6. The molecule has 0 unspecified atom stereocenters. The van der Waals surface area contributed by atoms with Crippen molar-refractivity contribution in [3.8, 4) is 16.9 Å². The number of pyridine rings is 1. The number of hydrogen-bond donors (Lipinski definition) is 0. The third-order valence-corrected chi connectivity index (χ3v) is 8.55. The highest BCUT2D eigenvalue weighted by Gasteiger charge is 2.50. The number of anilines is 1. The average Bonchev–Trinajstić information content (AvgIpc) is 3.55. The second-order valence-corrected chi connectivity index (χ2v) is 11.2. The van der Waals surface area contributed by atoms with Gasteiger partial charge in [-0.1, -0.05) is 0 Å². The molecular weight excluding hydrogens is 581 g/mol. The fourth-order valence-corrected chi connectivity index (χ4v) is 6.30. The SMILES string of the molecule is Cc1ccc(-c2cc(C(=O)N3CCC4(CC3)C(=O)CCN4c3ccc(F)cc3)nn2-c2ccc(C(F)(F)F)c(F)c2)c(C)n1. The van der Waals surface area contributed by atoms with Gasteiger partial charge in [0.15, 0.2) is 11.5 Å². The first-order chi connectivity index (χ1) is 20.9. The van der Waals surface area contributed by atoms with E-state index in [9.17, 15) is 31.5 Å². The molecule has 2 aliphatic heterocycles. The summed E-state index contributed by atoms with van der Waals surface area (Å²) in [6, 6.07) is 13.5. The number of alkyl halides is 3. The van der Waals surface area contributed by atoms with E-state index < -0.39 is 29.0 Å². The number of hydrogen-bond acceptors (Lipinski definition) is 5. The van der Waals surface area contributed by atoms with Gasteiger partial charge < -0.3 is 9.80 Å². The first-order valence-corrected chi connectivity index (χ1v) is 14.1. The van der Waals surface area contributed by atoms with Gasteiger partial charge in [0.05, 0.1) is 16.9 Å². The quantitative estimate of drug-likeness (QED) is 0.254. The van der Waals surface area contributed by atoms with Crippen LogP contribution in [-0.4, -0.2) is 56.5 Å². The molecule has 0 aliphatic carbocycles. The highest BCUT2D eigenvalue weighted by molar-refractivity contribution is 5.97. The highest BCUT2D eigenvalue weighted by atomic mass is 19.4. The first kappa shape index (κ1) is 29.5. The van der Waals surface area contributed by atoms with Crippen LogP contribution in [0.25, 0.3) is 16.9 Å². The third-order valence-electron chi connectivity index (χ3n) is 8.55.